The number of benzene rings is 3. The first-order valence-corrected chi connectivity index (χ1v) is 15.2. The molecule has 46 heavy (non-hydrogen) atoms. The number of esters is 1. The van der Waals surface area contributed by atoms with Gasteiger partial charge in [-0.15, -0.1) is 0 Å². The minimum Gasteiger partial charge on any atom is -0.497 e. The molecule has 0 aliphatic rings. The summed E-state index contributed by atoms with van der Waals surface area (Å²) >= 11 is 0. The van der Waals surface area contributed by atoms with Crippen LogP contribution in [-0.2, 0) is 11.3 Å². The van der Waals surface area contributed by atoms with Gasteiger partial charge < -0.3 is 29.2 Å². The van der Waals surface area contributed by atoms with Gasteiger partial charge in [-0.1, -0.05) is 13.8 Å². The Kier molecular flexibility index (Phi) is 10.7. The van der Waals surface area contributed by atoms with Crippen LogP contribution in [-0.4, -0.2) is 72.8 Å². The van der Waals surface area contributed by atoms with Crippen molar-refractivity contribution in [2.24, 2.45) is 0 Å². The van der Waals surface area contributed by atoms with Crippen LogP contribution in [0.1, 0.15) is 30.6 Å². The van der Waals surface area contributed by atoms with Crippen LogP contribution in [0.3, 0.4) is 0 Å². The van der Waals surface area contributed by atoms with Crippen molar-refractivity contribution in [3.63, 3.8) is 0 Å². The van der Waals surface area contributed by atoms with E-state index in [9.17, 15) is 4.79 Å². The lowest BCUT2D eigenvalue weighted by molar-refractivity contribution is 0.0600. The molecule has 0 amide bonds. The van der Waals surface area contributed by atoms with E-state index in [-0.39, 0.29) is 5.97 Å². The van der Waals surface area contributed by atoms with Crippen molar-refractivity contribution in [3.8, 4) is 28.5 Å². The van der Waals surface area contributed by atoms with Gasteiger partial charge in [0.05, 0.1) is 62.6 Å². The predicted molar refractivity (Wildman–Crippen MR) is 178 cm³/mol. The molecule has 0 aliphatic carbocycles. The molecular formula is C35H40N6O5. The molecule has 0 saturated carbocycles. The maximum Gasteiger partial charge on any atom is 0.337 e. The Morgan fingerprint density at radius 3 is 2.35 bits per heavy atom. The Balaban J connectivity index is 1.29. The molecule has 11 heteroatoms. The van der Waals surface area contributed by atoms with Gasteiger partial charge in [0.1, 0.15) is 17.2 Å². The van der Waals surface area contributed by atoms with Gasteiger partial charge in [-0.3, -0.25) is 9.67 Å². The van der Waals surface area contributed by atoms with Gasteiger partial charge in [-0.25, -0.2) is 9.78 Å². The molecule has 240 valence electrons. The number of aryl methyl sites for hydroxylation is 1. The Hall–Kier alpha value is -5.16. The predicted octanol–water partition coefficient (Wildman–Crippen LogP) is 5.90. The molecule has 3 aromatic carbocycles. The zero-order chi connectivity index (χ0) is 32.5. The van der Waals surface area contributed by atoms with E-state index in [1.54, 1.807) is 50.9 Å². The Bertz CT molecular complexity index is 1730. The normalized spacial score (nSPS) is 11.1. The van der Waals surface area contributed by atoms with Crippen LogP contribution in [0.2, 0.25) is 0 Å². The quantitative estimate of drug-likeness (QED) is 0.112. The van der Waals surface area contributed by atoms with E-state index < -0.39 is 0 Å². The second-order valence-electron chi connectivity index (χ2n) is 11.0. The van der Waals surface area contributed by atoms with Crippen LogP contribution >= 0.6 is 0 Å². The van der Waals surface area contributed by atoms with E-state index in [0.29, 0.717) is 30.5 Å². The third-order valence-electron chi connectivity index (χ3n) is 7.38. The molecule has 0 saturated heterocycles. The summed E-state index contributed by atoms with van der Waals surface area (Å²) in [5.41, 5.74) is 5.64. The lowest BCUT2D eigenvalue weighted by Crippen LogP contribution is -2.32. The third kappa shape index (κ3) is 8.10. The summed E-state index contributed by atoms with van der Waals surface area (Å²) in [5, 5.41) is 8.04. The van der Waals surface area contributed by atoms with Crippen molar-refractivity contribution in [3.05, 3.63) is 84.8 Å². The lowest BCUT2D eigenvalue weighted by atomic mass is 10.2. The summed E-state index contributed by atoms with van der Waals surface area (Å²) in [4.78, 5) is 23.5. The summed E-state index contributed by atoms with van der Waals surface area (Å²) in [5.74, 6) is 1.76. The van der Waals surface area contributed by atoms with E-state index in [1.807, 2.05) is 35.1 Å². The highest BCUT2D eigenvalue weighted by atomic mass is 16.5. The standard InChI is InChI=1S/C35H40N6O5/c1-24(2)36-13-15-41(28-17-30(43-3)20-31(18-28)44-4)27-9-12-32-33(19-27)39-34(22-37-32)26-21-38-40(23-26)14-6-16-46-29-10-7-25(8-11-29)35(42)45-5/h7-12,17-24,36H,6,13-16H2,1-5H3. The molecule has 0 fully saturated rings. The molecule has 5 rings (SSSR count). The van der Waals surface area contributed by atoms with Gasteiger partial charge in [-0.2, -0.15) is 5.10 Å². The maximum atomic E-state index is 11.6. The first-order valence-electron chi connectivity index (χ1n) is 15.2. The minimum absolute atomic E-state index is 0.367. The molecule has 1 N–H and O–H groups in total. The molecule has 2 heterocycles. The topological polar surface area (TPSA) is 113 Å². The van der Waals surface area contributed by atoms with E-state index in [4.69, 9.17) is 28.9 Å². The number of hydrogen-bond acceptors (Lipinski definition) is 10. The fourth-order valence-electron chi connectivity index (χ4n) is 4.97. The molecule has 0 aliphatic heterocycles. The van der Waals surface area contributed by atoms with E-state index in [1.165, 1.54) is 7.11 Å². The van der Waals surface area contributed by atoms with Gasteiger partial charge >= 0.3 is 5.97 Å². The monoisotopic (exact) mass is 624 g/mol. The minimum atomic E-state index is -0.372. The van der Waals surface area contributed by atoms with E-state index in [2.05, 4.69) is 41.3 Å². The second kappa shape index (κ2) is 15.2. The number of rotatable bonds is 15. The van der Waals surface area contributed by atoms with E-state index in [0.717, 1.165) is 64.7 Å². The number of nitrogens with one attached hydrogen (secondary N) is 1. The van der Waals surface area contributed by atoms with Gasteiger partial charge in [0.2, 0.25) is 0 Å². The Labute approximate surface area is 269 Å². The molecule has 0 bridgehead atoms. The van der Waals surface area contributed by atoms with Gasteiger partial charge in [0, 0.05) is 73.4 Å². The number of methoxy groups -OCH3 is 3. The summed E-state index contributed by atoms with van der Waals surface area (Å²) in [6.07, 6.45) is 6.31. The Morgan fingerprint density at radius 2 is 1.65 bits per heavy atom. The molecule has 0 unspecified atom stereocenters. The number of aromatic nitrogens is 4. The molecule has 5 aromatic rings. The fraction of sp³-hybridized carbons (Fsp3) is 0.314. The summed E-state index contributed by atoms with van der Waals surface area (Å²) in [6.45, 7) is 6.96. The summed E-state index contributed by atoms with van der Waals surface area (Å²) in [7, 11) is 4.67. The van der Waals surface area contributed by atoms with Crippen LogP contribution in [0.4, 0.5) is 11.4 Å². The SMILES string of the molecule is COC(=O)c1ccc(OCCCn2cc(-c3cnc4ccc(N(CCNC(C)C)c5cc(OC)cc(OC)c5)cc4n3)cn2)cc1. The first kappa shape index (κ1) is 32.2. The van der Waals surface area contributed by atoms with Gasteiger partial charge in [-0.05, 0) is 42.5 Å². The van der Waals surface area contributed by atoms with E-state index >= 15 is 0 Å². The number of hydrogen-bond donors (Lipinski definition) is 1. The highest BCUT2D eigenvalue weighted by Gasteiger charge is 2.15. The zero-order valence-electron chi connectivity index (χ0n) is 26.9. The fourth-order valence-corrected chi connectivity index (χ4v) is 4.97. The molecule has 11 nitrogen and oxygen atoms in total. The van der Waals surface area contributed by atoms with Crippen LogP contribution in [0.5, 0.6) is 17.2 Å². The number of ether oxygens (including phenoxy) is 4. The van der Waals surface area contributed by atoms with Crippen molar-refractivity contribution in [1.82, 2.24) is 25.1 Å². The third-order valence-corrected chi connectivity index (χ3v) is 7.38. The van der Waals surface area contributed by atoms with Gasteiger partial charge in [0.25, 0.3) is 0 Å². The molecule has 0 radical (unpaired) electrons. The average Bonchev–Trinajstić information content (AvgIpc) is 3.56. The summed E-state index contributed by atoms with van der Waals surface area (Å²) in [6, 6.07) is 19.3. The van der Waals surface area contributed by atoms with Crippen LogP contribution in [0.15, 0.2) is 79.3 Å². The van der Waals surface area contributed by atoms with Crippen molar-refractivity contribution in [1.29, 1.82) is 0 Å². The number of nitrogens with zero attached hydrogens (tertiary/aromatic N) is 5. The van der Waals surface area contributed by atoms with Gasteiger partial charge in [0.15, 0.2) is 0 Å². The number of carbonyl (C=O) groups excluding carboxylic acids is 1. The average molecular weight is 625 g/mol. The molecule has 2 aromatic heterocycles. The Morgan fingerprint density at radius 1 is 0.891 bits per heavy atom. The van der Waals surface area contributed by atoms with Crippen LogP contribution in [0, 0.1) is 0 Å². The highest BCUT2D eigenvalue weighted by molar-refractivity contribution is 5.89. The smallest absolute Gasteiger partial charge is 0.337 e. The molecular weight excluding hydrogens is 584 g/mol. The van der Waals surface area contributed by atoms with Crippen molar-refractivity contribution >= 4 is 28.4 Å². The second-order valence-corrected chi connectivity index (χ2v) is 11.0. The molecule has 0 atom stereocenters. The van der Waals surface area contributed by atoms with Crippen LogP contribution in [0.25, 0.3) is 22.3 Å². The maximum absolute atomic E-state index is 11.6. The zero-order valence-corrected chi connectivity index (χ0v) is 26.9. The van der Waals surface area contributed by atoms with Crippen molar-refractivity contribution in [2.45, 2.75) is 32.9 Å². The number of carbonyl (C=O) groups is 1. The molecule has 0 spiro atoms. The number of fused-ring (bicyclic) bond motifs is 1. The summed E-state index contributed by atoms with van der Waals surface area (Å²) < 4.78 is 23.5. The van der Waals surface area contributed by atoms with Crippen molar-refractivity contribution < 1.29 is 23.7 Å². The highest BCUT2D eigenvalue weighted by Crippen LogP contribution is 2.34. The van der Waals surface area contributed by atoms with Crippen molar-refractivity contribution in [2.75, 3.05) is 45.9 Å². The largest absolute Gasteiger partial charge is 0.497 e. The lowest BCUT2D eigenvalue weighted by Gasteiger charge is -2.27. The van der Waals surface area contributed by atoms with Crippen LogP contribution < -0.4 is 24.4 Å². The number of anilines is 2. The first-order chi connectivity index (χ1) is 22.4.